The Labute approximate surface area is 138 Å². The zero-order valence-electron chi connectivity index (χ0n) is 14.1. The van der Waals surface area contributed by atoms with E-state index >= 15 is 0 Å². The number of aryl methyl sites for hydroxylation is 1. The number of nitrogens with one attached hydrogen (secondary N) is 1. The van der Waals surface area contributed by atoms with Crippen molar-refractivity contribution >= 4 is 11.9 Å². The molecule has 2 atom stereocenters. The van der Waals surface area contributed by atoms with Crippen LogP contribution in [0.5, 0.6) is 0 Å². The van der Waals surface area contributed by atoms with E-state index in [2.05, 4.69) is 10.4 Å². The number of nitrogens with zero attached hydrogens (tertiary/aromatic N) is 2. The van der Waals surface area contributed by atoms with Crippen LogP contribution in [0, 0.1) is 13.8 Å². The average molecular weight is 349 g/mol. The number of alkyl halides is 3. The molecule has 0 aliphatic carbocycles. The Morgan fingerprint density at radius 3 is 2.38 bits per heavy atom. The minimum atomic E-state index is -4.39. The molecule has 9 heteroatoms. The van der Waals surface area contributed by atoms with E-state index in [0.717, 1.165) is 4.68 Å². The number of hydrogen-bond donors (Lipinski definition) is 2. The molecule has 0 saturated carbocycles. The first-order chi connectivity index (χ1) is 10.9. The number of amides is 1. The van der Waals surface area contributed by atoms with Gasteiger partial charge in [-0.2, -0.15) is 18.3 Å². The molecule has 0 aromatic carbocycles. The van der Waals surface area contributed by atoms with Crippen molar-refractivity contribution < 1.29 is 27.9 Å². The predicted octanol–water partition coefficient (Wildman–Crippen LogP) is 2.54. The van der Waals surface area contributed by atoms with Gasteiger partial charge in [-0.1, -0.05) is 0 Å². The van der Waals surface area contributed by atoms with Crippen LogP contribution in [-0.4, -0.2) is 39.0 Å². The van der Waals surface area contributed by atoms with Crippen molar-refractivity contribution in [1.82, 2.24) is 15.1 Å². The maximum atomic E-state index is 12.6. The van der Waals surface area contributed by atoms with E-state index in [1.165, 1.54) is 6.92 Å². The summed E-state index contributed by atoms with van der Waals surface area (Å²) in [6.45, 7) is 5.13. The van der Waals surface area contributed by atoms with E-state index in [1.54, 1.807) is 20.8 Å². The van der Waals surface area contributed by atoms with Crippen LogP contribution >= 0.6 is 0 Å². The van der Waals surface area contributed by atoms with Gasteiger partial charge in [0.25, 0.3) is 0 Å². The molecule has 2 N–H and O–H groups in total. The summed E-state index contributed by atoms with van der Waals surface area (Å²) in [5.41, 5.74) is 1.13. The highest BCUT2D eigenvalue weighted by Gasteiger charge is 2.31. The molecule has 0 fully saturated rings. The van der Waals surface area contributed by atoms with Gasteiger partial charge in [-0.05, 0) is 34.1 Å². The van der Waals surface area contributed by atoms with Gasteiger partial charge in [-0.15, -0.1) is 0 Å². The van der Waals surface area contributed by atoms with Gasteiger partial charge in [0.15, 0.2) is 0 Å². The maximum absolute atomic E-state index is 12.6. The Kier molecular flexibility index (Phi) is 6.39. The Morgan fingerprint density at radius 2 is 1.88 bits per heavy atom. The summed E-state index contributed by atoms with van der Waals surface area (Å²) in [5.74, 6) is -2.01. The second-order valence-electron chi connectivity index (χ2n) is 5.92. The van der Waals surface area contributed by atoms with E-state index in [-0.39, 0.29) is 24.8 Å². The number of rotatable bonds is 7. The molecular formula is C15H22F3N3O3. The van der Waals surface area contributed by atoms with Gasteiger partial charge < -0.3 is 10.4 Å². The van der Waals surface area contributed by atoms with Gasteiger partial charge in [-0.3, -0.25) is 14.3 Å². The number of hydrogen-bond acceptors (Lipinski definition) is 3. The standard InChI is InChI=1S/C15H22F3N3O3/c1-8(5-6-12(22)23)19-14(24)9(2)13-10(3)20-21(11(13)4)7-15(16,17)18/h8-9H,5-7H2,1-4H3,(H,19,24)(H,22,23). The SMILES string of the molecule is Cc1nn(CC(F)(F)F)c(C)c1C(C)C(=O)NC(C)CCC(=O)O. The van der Waals surface area contributed by atoms with Gasteiger partial charge in [0.05, 0.1) is 11.6 Å². The Balaban J connectivity index is 2.85. The molecule has 1 aromatic rings. The molecule has 0 saturated heterocycles. The van der Waals surface area contributed by atoms with Crippen LogP contribution < -0.4 is 5.32 Å². The first-order valence-corrected chi connectivity index (χ1v) is 7.55. The van der Waals surface area contributed by atoms with Crippen LogP contribution in [0.2, 0.25) is 0 Å². The second kappa shape index (κ2) is 7.67. The van der Waals surface area contributed by atoms with Crippen LogP contribution in [0.25, 0.3) is 0 Å². The second-order valence-corrected chi connectivity index (χ2v) is 5.92. The molecule has 0 bridgehead atoms. The largest absolute Gasteiger partial charge is 0.481 e. The van der Waals surface area contributed by atoms with Gasteiger partial charge in [0, 0.05) is 23.7 Å². The van der Waals surface area contributed by atoms with Gasteiger partial charge in [0.1, 0.15) is 6.54 Å². The summed E-state index contributed by atoms with van der Waals surface area (Å²) in [6, 6.07) is -0.345. The molecule has 1 heterocycles. The van der Waals surface area contributed by atoms with E-state index < -0.39 is 24.6 Å². The number of aromatic nitrogens is 2. The molecule has 1 aromatic heterocycles. The van der Waals surface area contributed by atoms with Crippen LogP contribution in [0.3, 0.4) is 0 Å². The third kappa shape index (κ3) is 5.54. The van der Waals surface area contributed by atoms with Gasteiger partial charge >= 0.3 is 12.1 Å². The minimum absolute atomic E-state index is 0.0720. The van der Waals surface area contributed by atoms with Crippen LogP contribution in [0.4, 0.5) is 13.2 Å². The van der Waals surface area contributed by atoms with E-state index in [4.69, 9.17) is 5.11 Å². The van der Waals surface area contributed by atoms with Gasteiger partial charge in [0.2, 0.25) is 5.91 Å². The number of carbonyl (C=O) groups excluding carboxylic acids is 1. The third-order valence-electron chi connectivity index (χ3n) is 3.77. The highest BCUT2D eigenvalue weighted by molar-refractivity contribution is 5.84. The minimum Gasteiger partial charge on any atom is -0.481 e. The maximum Gasteiger partial charge on any atom is 0.408 e. The van der Waals surface area contributed by atoms with Gasteiger partial charge in [-0.25, -0.2) is 0 Å². The Morgan fingerprint density at radius 1 is 1.29 bits per heavy atom. The van der Waals surface area contributed by atoms with Crippen LogP contribution in [0.1, 0.15) is 49.6 Å². The summed E-state index contributed by atoms with van der Waals surface area (Å²) in [5, 5.41) is 15.2. The lowest BCUT2D eigenvalue weighted by Crippen LogP contribution is -2.36. The predicted molar refractivity (Wildman–Crippen MR) is 80.6 cm³/mol. The quantitative estimate of drug-likeness (QED) is 0.792. The molecule has 1 rings (SSSR count). The monoisotopic (exact) mass is 349 g/mol. The van der Waals surface area contributed by atoms with Crippen LogP contribution in [-0.2, 0) is 16.1 Å². The molecule has 0 aliphatic rings. The first kappa shape index (κ1) is 20.0. The van der Waals surface area contributed by atoms with Crippen molar-refractivity contribution in [1.29, 1.82) is 0 Å². The molecule has 24 heavy (non-hydrogen) atoms. The molecule has 0 spiro atoms. The molecule has 1 amide bonds. The lowest BCUT2D eigenvalue weighted by molar-refractivity contribution is -0.143. The zero-order valence-corrected chi connectivity index (χ0v) is 14.1. The zero-order chi connectivity index (χ0) is 18.7. The van der Waals surface area contributed by atoms with Crippen molar-refractivity contribution in [3.63, 3.8) is 0 Å². The van der Waals surface area contributed by atoms with E-state index in [0.29, 0.717) is 17.0 Å². The lowest BCUT2D eigenvalue weighted by atomic mass is 9.97. The van der Waals surface area contributed by atoms with Crippen molar-refractivity contribution in [2.24, 2.45) is 0 Å². The first-order valence-electron chi connectivity index (χ1n) is 7.55. The smallest absolute Gasteiger partial charge is 0.408 e. The number of aliphatic carboxylic acids is 1. The molecule has 6 nitrogen and oxygen atoms in total. The Hall–Kier alpha value is -2.06. The van der Waals surface area contributed by atoms with E-state index in [9.17, 15) is 22.8 Å². The molecule has 0 radical (unpaired) electrons. The molecule has 0 aliphatic heterocycles. The fourth-order valence-corrected chi connectivity index (χ4v) is 2.57. The number of halogens is 3. The van der Waals surface area contributed by atoms with Crippen molar-refractivity contribution in [3.8, 4) is 0 Å². The van der Waals surface area contributed by atoms with E-state index in [1.807, 2.05) is 0 Å². The Bertz CT molecular complexity index is 611. The summed E-state index contributed by atoms with van der Waals surface area (Å²) in [7, 11) is 0. The number of carbonyl (C=O) groups is 2. The van der Waals surface area contributed by atoms with Crippen molar-refractivity contribution in [3.05, 3.63) is 17.0 Å². The average Bonchev–Trinajstić information content (AvgIpc) is 2.68. The highest BCUT2D eigenvalue weighted by Crippen LogP contribution is 2.26. The number of carboxylic acid groups (broad SMARTS) is 1. The fraction of sp³-hybridized carbons (Fsp3) is 0.667. The number of carboxylic acids is 1. The summed E-state index contributed by atoms with van der Waals surface area (Å²) in [6.07, 6.45) is -4.19. The summed E-state index contributed by atoms with van der Waals surface area (Å²) in [4.78, 5) is 22.8. The summed E-state index contributed by atoms with van der Waals surface area (Å²) < 4.78 is 38.5. The molecule has 136 valence electrons. The lowest BCUT2D eigenvalue weighted by Gasteiger charge is -2.18. The topological polar surface area (TPSA) is 84.2 Å². The normalized spacial score (nSPS) is 14.3. The summed E-state index contributed by atoms with van der Waals surface area (Å²) >= 11 is 0. The third-order valence-corrected chi connectivity index (χ3v) is 3.77. The highest BCUT2D eigenvalue weighted by atomic mass is 19.4. The van der Waals surface area contributed by atoms with Crippen molar-refractivity contribution in [2.75, 3.05) is 0 Å². The van der Waals surface area contributed by atoms with Crippen molar-refractivity contribution in [2.45, 2.75) is 65.2 Å². The molecule has 2 unspecified atom stereocenters. The fourth-order valence-electron chi connectivity index (χ4n) is 2.57. The molecular weight excluding hydrogens is 327 g/mol. The van der Waals surface area contributed by atoms with Crippen LogP contribution in [0.15, 0.2) is 0 Å².